The summed E-state index contributed by atoms with van der Waals surface area (Å²) in [6.45, 7) is 3.71. The highest BCUT2D eigenvalue weighted by atomic mass is 19.1. The Labute approximate surface area is 77.2 Å². The van der Waals surface area contributed by atoms with Crippen LogP contribution in [-0.2, 0) is 0 Å². The van der Waals surface area contributed by atoms with Crippen LogP contribution in [0.25, 0.3) is 0 Å². The van der Waals surface area contributed by atoms with E-state index in [9.17, 15) is 4.39 Å². The lowest BCUT2D eigenvalue weighted by atomic mass is 9.78. The first kappa shape index (κ1) is 10.2. The van der Waals surface area contributed by atoms with Gasteiger partial charge in [-0.15, -0.1) is 0 Å². The number of hydrogen-bond donors (Lipinski definition) is 2. The minimum Gasteiger partial charge on any atom is -0.423 e. The summed E-state index contributed by atoms with van der Waals surface area (Å²) in [5.41, 5.74) is 0.441. The van der Waals surface area contributed by atoms with Gasteiger partial charge in [-0.3, -0.25) is 0 Å². The second kappa shape index (κ2) is 3.90. The molecule has 0 spiro atoms. The van der Waals surface area contributed by atoms with Crippen molar-refractivity contribution in [1.82, 2.24) is 0 Å². The summed E-state index contributed by atoms with van der Waals surface area (Å²) in [5.74, 6) is -0.480. The smallest absolute Gasteiger partial charge is 0.423 e. The summed E-state index contributed by atoms with van der Waals surface area (Å²) in [6, 6.07) is 4.63. The molecule has 1 rings (SSSR count). The maximum absolute atomic E-state index is 13.5. The predicted octanol–water partition coefficient (Wildman–Crippen LogP) is 0.629. The van der Waals surface area contributed by atoms with E-state index in [1.807, 2.05) is 13.8 Å². The van der Waals surface area contributed by atoms with Gasteiger partial charge in [-0.1, -0.05) is 32.0 Å². The average molecular weight is 182 g/mol. The molecule has 1 aromatic rings. The Kier molecular flexibility index (Phi) is 3.06. The SMILES string of the molecule is CC(C)c1cccc(B(O)O)c1F. The summed E-state index contributed by atoms with van der Waals surface area (Å²) in [5, 5.41) is 17.7. The van der Waals surface area contributed by atoms with Crippen LogP contribution in [0.1, 0.15) is 25.3 Å². The Bertz CT molecular complexity index is 273. The molecule has 70 valence electrons. The molecule has 0 aliphatic rings. The van der Waals surface area contributed by atoms with Gasteiger partial charge < -0.3 is 10.0 Å². The molecular weight excluding hydrogens is 170 g/mol. The van der Waals surface area contributed by atoms with Gasteiger partial charge in [-0.05, 0) is 11.5 Å². The predicted molar refractivity (Wildman–Crippen MR) is 50.3 cm³/mol. The highest BCUT2D eigenvalue weighted by Gasteiger charge is 2.19. The Balaban J connectivity index is 3.18. The maximum atomic E-state index is 13.5. The summed E-state index contributed by atoms with van der Waals surface area (Å²) < 4.78 is 13.5. The molecule has 2 N–H and O–H groups in total. The van der Waals surface area contributed by atoms with Gasteiger partial charge in [0.05, 0.1) is 0 Å². The van der Waals surface area contributed by atoms with Crippen molar-refractivity contribution in [1.29, 1.82) is 0 Å². The quantitative estimate of drug-likeness (QED) is 0.658. The Morgan fingerprint density at radius 3 is 2.38 bits per heavy atom. The highest BCUT2D eigenvalue weighted by molar-refractivity contribution is 6.58. The third-order valence-electron chi connectivity index (χ3n) is 1.96. The van der Waals surface area contributed by atoms with E-state index in [4.69, 9.17) is 10.0 Å². The average Bonchev–Trinajstić information content (AvgIpc) is 2.03. The molecule has 0 amide bonds. The molecule has 0 aliphatic carbocycles. The van der Waals surface area contributed by atoms with Crippen molar-refractivity contribution >= 4 is 12.6 Å². The number of hydrogen-bond acceptors (Lipinski definition) is 2. The molecule has 0 atom stereocenters. The van der Waals surface area contributed by atoms with Crippen LogP contribution in [0, 0.1) is 5.82 Å². The fourth-order valence-electron chi connectivity index (χ4n) is 1.21. The fraction of sp³-hybridized carbons (Fsp3) is 0.333. The molecule has 0 saturated carbocycles. The van der Waals surface area contributed by atoms with E-state index in [1.54, 1.807) is 12.1 Å². The van der Waals surface area contributed by atoms with Crippen LogP contribution in [0.2, 0.25) is 0 Å². The molecule has 0 radical (unpaired) electrons. The van der Waals surface area contributed by atoms with Gasteiger partial charge in [0.15, 0.2) is 0 Å². The Morgan fingerprint density at radius 1 is 1.31 bits per heavy atom. The van der Waals surface area contributed by atoms with Crippen molar-refractivity contribution in [2.24, 2.45) is 0 Å². The normalized spacial score (nSPS) is 10.6. The molecule has 2 nitrogen and oxygen atoms in total. The van der Waals surface area contributed by atoms with Gasteiger partial charge in [0.2, 0.25) is 0 Å². The molecule has 0 heterocycles. The number of rotatable bonds is 2. The second-order valence-electron chi connectivity index (χ2n) is 3.28. The van der Waals surface area contributed by atoms with Crippen LogP contribution in [-0.4, -0.2) is 17.2 Å². The van der Waals surface area contributed by atoms with E-state index < -0.39 is 12.9 Å². The van der Waals surface area contributed by atoms with Gasteiger partial charge in [0.25, 0.3) is 0 Å². The van der Waals surface area contributed by atoms with Crippen LogP contribution >= 0.6 is 0 Å². The van der Waals surface area contributed by atoms with Gasteiger partial charge in [-0.25, -0.2) is 4.39 Å². The van der Waals surface area contributed by atoms with Gasteiger partial charge >= 0.3 is 7.12 Å². The van der Waals surface area contributed by atoms with Crippen molar-refractivity contribution in [3.63, 3.8) is 0 Å². The molecule has 0 unspecified atom stereocenters. The fourth-order valence-corrected chi connectivity index (χ4v) is 1.21. The first-order chi connectivity index (χ1) is 6.04. The van der Waals surface area contributed by atoms with Crippen LogP contribution in [0.15, 0.2) is 18.2 Å². The van der Waals surface area contributed by atoms with Gasteiger partial charge in [0, 0.05) is 5.46 Å². The van der Waals surface area contributed by atoms with E-state index in [2.05, 4.69) is 0 Å². The van der Waals surface area contributed by atoms with Crippen molar-refractivity contribution in [3.8, 4) is 0 Å². The molecule has 0 bridgehead atoms. The molecule has 1 aromatic carbocycles. The molecule has 0 saturated heterocycles. The lowest BCUT2D eigenvalue weighted by Crippen LogP contribution is -2.33. The summed E-state index contributed by atoms with van der Waals surface area (Å²) >= 11 is 0. The summed E-state index contributed by atoms with van der Waals surface area (Å²) in [7, 11) is -1.74. The van der Waals surface area contributed by atoms with E-state index >= 15 is 0 Å². The van der Waals surface area contributed by atoms with Gasteiger partial charge in [-0.2, -0.15) is 0 Å². The van der Waals surface area contributed by atoms with Crippen molar-refractivity contribution in [3.05, 3.63) is 29.6 Å². The zero-order chi connectivity index (χ0) is 10.0. The highest BCUT2D eigenvalue weighted by Crippen LogP contribution is 2.16. The molecule has 13 heavy (non-hydrogen) atoms. The summed E-state index contributed by atoms with van der Waals surface area (Å²) in [6.07, 6.45) is 0. The number of benzene rings is 1. The molecule has 0 aromatic heterocycles. The molecular formula is C9H12BFO2. The lowest BCUT2D eigenvalue weighted by molar-refractivity contribution is 0.422. The minimum atomic E-state index is -1.74. The van der Waals surface area contributed by atoms with E-state index in [1.165, 1.54) is 6.07 Å². The Hall–Kier alpha value is -0.865. The second-order valence-corrected chi connectivity index (χ2v) is 3.28. The maximum Gasteiger partial charge on any atom is 0.491 e. The first-order valence-electron chi connectivity index (χ1n) is 4.18. The third-order valence-corrected chi connectivity index (χ3v) is 1.96. The molecule has 0 fully saturated rings. The van der Waals surface area contributed by atoms with Crippen LogP contribution < -0.4 is 5.46 Å². The lowest BCUT2D eigenvalue weighted by Gasteiger charge is -2.09. The van der Waals surface area contributed by atoms with Crippen molar-refractivity contribution in [2.45, 2.75) is 19.8 Å². The topological polar surface area (TPSA) is 40.5 Å². The zero-order valence-corrected chi connectivity index (χ0v) is 7.66. The standard InChI is InChI=1S/C9H12BFO2/c1-6(2)7-4-3-5-8(9(7)11)10(12)13/h3-6,12-13H,1-2H3. The summed E-state index contributed by atoms with van der Waals surface area (Å²) in [4.78, 5) is 0. The van der Waals surface area contributed by atoms with Crippen LogP contribution in [0.4, 0.5) is 4.39 Å². The van der Waals surface area contributed by atoms with Crippen LogP contribution in [0.3, 0.4) is 0 Å². The van der Waals surface area contributed by atoms with Crippen molar-refractivity contribution < 1.29 is 14.4 Å². The minimum absolute atomic E-state index is 0.0405. The largest absolute Gasteiger partial charge is 0.491 e. The van der Waals surface area contributed by atoms with E-state index in [-0.39, 0.29) is 11.4 Å². The van der Waals surface area contributed by atoms with E-state index in [0.717, 1.165) is 0 Å². The third kappa shape index (κ3) is 2.08. The van der Waals surface area contributed by atoms with Gasteiger partial charge in [0.1, 0.15) is 5.82 Å². The molecule has 0 aliphatic heterocycles. The van der Waals surface area contributed by atoms with E-state index in [0.29, 0.717) is 5.56 Å². The Morgan fingerprint density at radius 2 is 1.92 bits per heavy atom. The molecule has 4 heteroatoms. The zero-order valence-electron chi connectivity index (χ0n) is 7.66. The van der Waals surface area contributed by atoms with Crippen molar-refractivity contribution in [2.75, 3.05) is 0 Å². The van der Waals surface area contributed by atoms with Crippen LogP contribution in [0.5, 0.6) is 0 Å². The number of halogens is 1. The monoisotopic (exact) mass is 182 g/mol. The first-order valence-corrected chi connectivity index (χ1v) is 4.18.